The van der Waals surface area contributed by atoms with Crippen LogP contribution in [0.2, 0.25) is 0 Å². The summed E-state index contributed by atoms with van der Waals surface area (Å²) in [5.41, 5.74) is 23.0. The van der Waals surface area contributed by atoms with Gasteiger partial charge in [-0.15, -0.1) is 0 Å². The summed E-state index contributed by atoms with van der Waals surface area (Å²) < 4.78 is 0. The van der Waals surface area contributed by atoms with Gasteiger partial charge >= 0.3 is 0 Å². The van der Waals surface area contributed by atoms with Crippen molar-refractivity contribution in [3.8, 4) is 44.5 Å². The fourth-order valence-corrected chi connectivity index (χ4v) is 10.7. The summed E-state index contributed by atoms with van der Waals surface area (Å²) in [7, 11) is 0. The summed E-state index contributed by atoms with van der Waals surface area (Å²) >= 11 is 0. The van der Waals surface area contributed by atoms with Crippen LogP contribution >= 0.6 is 0 Å². The first-order valence-corrected chi connectivity index (χ1v) is 24.0. The lowest BCUT2D eigenvalue weighted by Crippen LogP contribution is -2.61. The molecule has 0 saturated carbocycles. The normalized spacial score (nSPS) is 12.2. The van der Waals surface area contributed by atoms with E-state index >= 15 is 0 Å². The molecule has 2 aliphatic rings. The van der Waals surface area contributed by atoms with Gasteiger partial charge in [-0.1, -0.05) is 164 Å². The second-order valence-electron chi connectivity index (χ2n) is 18.0. The second-order valence-corrected chi connectivity index (χ2v) is 18.0. The van der Waals surface area contributed by atoms with Gasteiger partial charge in [0.2, 0.25) is 0 Å². The molecule has 328 valence electrons. The monoisotopic (exact) mass is 892 g/mol. The smallest absolute Gasteiger partial charge is 0.252 e. The molecule has 0 aliphatic carbocycles. The maximum absolute atomic E-state index is 4.41. The first-order chi connectivity index (χ1) is 34.7. The standard InChI is InChI=1S/C65H45BN4/c1-7-19-46(20-8-1)50-31-33-59-61(42-50)70(58-40-51(47-21-9-2-10-22-47)39-52(41-58)49-35-37-67-38-36-49)64-44-53(48-23-11-3-12-24-48)43-63-65(64)66(59)60-34-32-57(45-62(60)69(63)56-29-17-6-18-30-56)68(54-25-13-4-14-26-54)55-27-15-5-16-28-55/h1-45H. The van der Waals surface area contributed by atoms with Gasteiger partial charge in [0.05, 0.1) is 0 Å². The van der Waals surface area contributed by atoms with Crippen LogP contribution in [-0.4, -0.2) is 11.7 Å². The van der Waals surface area contributed by atoms with Gasteiger partial charge in [0.25, 0.3) is 6.71 Å². The predicted octanol–water partition coefficient (Wildman–Crippen LogP) is 15.3. The Morgan fingerprint density at radius 2 is 0.700 bits per heavy atom. The number of aromatic nitrogens is 1. The van der Waals surface area contributed by atoms with E-state index in [-0.39, 0.29) is 6.71 Å². The molecule has 3 heterocycles. The van der Waals surface area contributed by atoms with Crippen molar-refractivity contribution in [1.29, 1.82) is 0 Å². The van der Waals surface area contributed by atoms with Crippen LogP contribution in [0.25, 0.3) is 44.5 Å². The van der Waals surface area contributed by atoms with Crippen LogP contribution < -0.4 is 31.1 Å². The van der Waals surface area contributed by atoms with Crippen molar-refractivity contribution in [1.82, 2.24) is 4.98 Å². The average Bonchev–Trinajstić information content (AvgIpc) is 3.44. The lowest BCUT2D eigenvalue weighted by molar-refractivity contribution is 1.24. The Labute approximate surface area is 409 Å². The van der Waals surface area contributed by atoms with Crippen molar-refractivity contribution in [2.75, 3.05) is 14.7 Å². The van der Waals surface area contributed by atoms with E-state index in [1.165, 1.54) is 27.5 Å². The van der Waals surface area contributed by atoms with Crippen LogP contribution in [-0.2, 0) is 0 Å². The Morgan fingerprint density at radius 3 is 1.24 bits per heavy atom. The minimum Gasteiger partial charge on any atom is -0.311 e. The van der Waals surface area contributed by atoms with Crippen LogP contribution in [0.4, 0.5) is 51.2 Å². The van der Waals surface area contributed by atoms with E-state index in [1.807, 2.05) is 12.4 Å². The third kappa shape index (κ3) is 7.24. The SMILES string of the molecule is c1ccc(-c2cc(-c3ccncc3)cc(N3c4cc(-c5ccccc5)ccc4B4c5ccc(N(c6ccccc6)c6ccccc6)cc5N(c5ccccc5)c5cc(-c6ccccc6)cc3c54)c2)cc1. The van der Waals surface area contributed by atoms with Gasteiger partial charge in [-0.25, -0.2) is 0 Å². The second kappa shape index (κ2) is 17.5. The number of pyridine rings is 1. The first kappa shape index (κ1) is 41.0. The van der Waals surface area contributed by atoms with Gasteiger partial charge < -0.3 is 14.7 Å². The minimum atomic E-state index is -0.0891. The Kier molecular flexibility index (Phi) is 10.2. The number of hydrogen-bond acceptors (Lipinski definition) is 4. The van der Waals surface area contributed by atoms with Crippen LogP contribution in [0.3, 0.4) is 0 Å². The molecular formula is C65H45BN4. The molecule has 0 N–H and O–H groups in total. The van der Waals surface area contributed by atoms with Crippen LogP contribution in [0.1, 0.15) is 0 Å². The molecule has 70 heavy (non-hydrogen) atoms. The Morgan fingerprint density at radius 1 is 0.286 bits per heavy atom. The van der Waals surface area contributed by atoms with Crippen LogP contribution in [0.5, 0.6) is 0 Å². The quantitative estimate of drug-likeness (QED) is 0.135. The average molecular weight is 893 g/mol. The van der Waals surface area contributed by atoms with Gasteiger partial charge in [-0.05, 0) is 158 Å². The molecule has 5 heteroatoms. The van der Waals surface area contributed by atoms with Crippen molar-refractivity contribution < 1.29 is 0 Å². The molecule has 0 bridgehead atoms. The van der Waals surface area contributed by atoms with E-state index in [0.717, 1.165) is 84.6 Å². The number of hydrogen-bond donors (Lipinski definition) is 0. The number of fused-ring (bicyclic) bond motifs is 4. The molecule has 0 fully saturated rings. The van der Waals surface area contributed by atoms with E-state index in [4.69, 9.17) is 0 Å². The number of nitrogens with zero attached hydrogens (tertiary/aromatic N) is 4. The summed E-state index contributed by atoms with van der Waals surface area (Å²) in [6.07, 6.45) is 3.77. The number of para-hydroxylation sites is 3. The lowest BCUT2D eigenvalue weighted by atomic mass is 9.33. The van der Waals surface area contributed by atoms with Gasteiger partial charge in [-0.3, -0.25) is 4.98 Å². The maximum atomic E-state index is 4.41. The molecule has 4 nitrogen and oxygen atoms in total. The lowest BCUT2D eigenvalue weighted by Gasteiger charge is -2.45. The summed E-state index contributed by atoms with van der Waals surface area (Å²) in [5.74, 6) is 0. The van der Waals surface area contributed by atoms with Gasteiger partial charge in [0, 0.05) is 63.6 Å². The number of anilines is 9. The largest absolute Gasteiger partial charge is 0.311 e. The molecule has 0 radical (unpaired) electrons. The van der Waals surface area contributed by atoms with Crippen LogP contribution in [0.15, 0.2) is 273 Å². The fraction of sp³-hybridized carbons (Fsp3) is 0. The van der Waals surface area contributed by atoms with E-state index in [0.29, 0.717) is 0 Å². The van der Waals surface area contributed by atoms with Crippen molar-refractivity contribution >= 4 is 74.3 Å². The fourth-order valence-electron chi connectivity index (χ4n) is 10.7. The topological polar surface area (TPSA) is 22.6 Å². The van der Waals surface area contributed by atoms with Gasteiger partial charge in [0.15, 0.2) is 0 Å². The number of benzene rings is 10. The van der Waals surface area contributed by atoms with Crippen molar-refractivity contribution in [2.45, 2.75) is 0 Å². The molecule has 13 rings (SSSR count). The van der Waals surface area contributed by atoms with Gasteiger partial charge in [-0.2, -0.15) is 0 Å². The Balaban J connectivity index is 1.13. The van der Waals surface area contributed by atoms with E-state index in [9.17, 15) is 0 Å². The van der Waals surface area contributed by atoms with E-state index in [2.05, 4.69) is 281 Å². The highest BCUT2D eigenvalue weighted by molar-refractivity contribution is 7.00. The van der Waals surface area contributed by atoms with Crippen molar-refractivity contribution in [2.24, 2.45) is 0 Å². The number of rotatable bonds is 9. The molecule has 10 aromatic carbocycles. The van der Waals surface area contributed by atoms with E-state index in [1.54, 1.807) is 0 Å². The Bertz CT molecular complexity index is 3550. The van der Waals surface area contributed by atoms with Crippen molar-refractivity contribution in [3.05, 3.63) is 273 Å². The molecule has 11 aromatic rings. The maximum Gasteiger partial charge on any atom is 0.252 e. The zero-order chi connectivity index (χ0) is 46.4. The molecule has 0 atom stereocenters. The highest BCUT2D eigenvalue weighted by atomic mass is 15.2. The van der Waals surface area contributed by atoms with Crippen molar-refractivity contribution in [3.63, 3.8) is 0 Å². The highest BCUT2D eigenvalue weighted by Gasteiger charge is 2.44. The zero-order valence-corrected chi connectivity index (χ0v) is 38.3. The molecule has 0 spiro atoms. The molecule has 0 unspecified atom stereocenters. The third-order valence-corrected chi connectivity index (χ3v) is 13.9. The van der Waals surface area contributed by atoms with E-state index < -0.39 is 0 Å². The molecule has 0 amide bonds. The third-order valence-electron chi connectivity index (χ3n) is 13.9. The molecule has 1 aromatic heterocycles. The van der Waals surface area contributed by atoms with Gasteiger partial charge in [0.1, 0.15) is 0 Å². The highest BCUT2D eigenvalue weighted by Crippen LogP contribution is 2.49. The van der Waals surface area contributed by atoms with Crippen LogP contribution in [0, 0.1) is 0 Å². The summed E-state index contributed by atoms with van der Waals surface area (Å²) in [6, 6.07) is 95.1. The molecular weight excluding hydrogens is 848 g/mol. The Hall–Kier alpha value is -9.19. The molecule has 0 saturated heterocycles. The summed E-state index contributed by atoms with van der Waals surface area (Å²) in [4.78, 5) is 11.8. The zero-order valence-electron chi connectivity index (χ0n) is 38.3. The first-order valence-electron chi connectivity index (χ1n) is 24.0. The minimum absolute atomic E-state index is 0.0891. The molecule has 2 aliphatic heterocycles. The summed E-state index contributed by atoms with van der Waals surface area (Å²) in [5, 5.41) is 0. The predicted molar refractivity (Wildman–Crippen MR) is 295 cm³/mol. The summed E-state index contributed by atoms with van der Waals surface area (Å²) in [6.45, 7) is -0.0891.